The first-order chi connectivity index (χ1) is 14.1. The van der Waals surface area contributed by atoms with E-state index in [-0.39, 0.29) is 12.6 Å². The minimum atomic E-state index is -4.31. The zero-order valence-electron chi connectivity index (χ0n) is 18.1. The van der Waals surface area contributed by atoms with Gasteiger partial charge in [0.05, 0.1) is 12.3 Å². The van der Waals surface area contributed by atoms with Gasteiger partial charge in [0, 0.05) is 32.4 Å². The Morgan fingerprint density at radius 2 is 1.83 bits per heavy atom. The normalized spacial score (nSPS) is 13.4. The maximum atomic E-state index is 12.1. The first kappa shape index (κ1) is 23.7. The molecule has 1 atom stereocenters. The van der Waals surface area contributed by atoms with Crippen molar-refractivity contribution in [1.29, 1.82) is 0 Å². The topological polar surface area (TPSA) is 63.5 Å². The highest BCUT2D eigenvalue weighted by molar-refractivity contribution is 5.79. The number of benzene rings is 1. The number of nitrogens with one attached hydrogen (secondary N) is 2. The number of alkyl halides is 3. The molecule has 1 aromatic heterocycles. The zero-order valence-corrected chi connectivity index (χ0v) is 18.1. The van der Waals surface area contributed by atoms with Crippen LogP contribution in [0, 0.1) is 13.8 Å². The predicted molar refractivity (Wildman–Crippen MR) is 111 cm³/mol. The van der Waals surface area contributed by atoms with Gasteiger partial charge in [-0.15, -0.1) is 0 Å². The Kier molecular flexibility index (Phi) is 8.28. The van der Waals surface area contributed by atoms with E-state index in [1.54, 1.807) is 19.2 Å². The van der Waals surface area contributed by atoms with E-state index in [1.807, 2.05) is 30.8 Å². The van der Waals surface area contributed by atoms with Gasteiger partial charge in [0.2, 0.25) is 0 Å². The minimum absolute atomic E-state index is 0.0683. The summed E-state index contributed by atoms with van der Waals surface area (Å²) in [6.07, 6.45) is -3.48. The van der Waals surface area contributed by atoms with Crippen LogP contribution in [0.1, 0.15) is 35.0 Å². The van der Waals surface area contributed by atoms with E-state index in [1.165, 1.54) is 5.56 Å². The summed E-state index contributed by atoms with van der Waals surface area (Å²) in [4.78, 5) is 4.26. The Hall–Kier alpha value is -2.55. The number of halogens is 3. The van der Waals surface area contributed by atoms with Gasteiger partial charge in [-0.25, -0.2) is 0 Å². The molecule has 0 saturated heterocycles. The van der Waals surface area contributed by atoms with Gasteiger partial charge in [-0.1, -0.05) is 24.3 Å². The van der Waals surface area contributed by atoms with Crippen molar-refractivity contribution < 1.29 is 17.9 Å². The number of guanidine groups is 1. The molecule has 0 aliphatic rings. The second-order valence-corrected chi connectivity index (χ2v) is 7.37. The van der Waals surface area contributed by atoms with Crippen LogP contribution in [0.3, 0.4) is 0 Å². The first-order valence-electron chi connectivity index (χ1n) is 9.77. The van der Waals surface area contributed by atoms with E-state index in [0.29, 0.717) is 18.1 Å². The van der Waals surface area contributed by atoms with Crippen molar-refractivity contribution in [2.75, 3.05) is 13.7 Å². The number of aryl methyl sites for hydroxylation is 2. The van der Waals surface area contributed by atoms with Gasteiger partial charge < -0.3 is 15.4 Å². The molecular formula is C21H30F3N5O. The second kappa shape index (κ2) is 10.5. The summed E-state index contributed by atoms with van der Waals surface area (Å²) in [7, 11) is 3.65. The molecule has 0 fully saturated rings. The number of aliphatic imine (C=N–C) groups is 1. The number of rotatable bonds is 8. The lowest BCUT2D eigenvalue weighted by Gasteiger charge is -2.18. The van der Waals surface area contributed by atoms with Crippen LogP contribution in [-0.4, -0.2) is 41.6 Å². The fourth-order valence-corrected chi connectivity index (χ4v) is 3.12. The summed E-state index contributed by atoms with van der Waals surface area (Å²) in [5.41, 5.74) is 5.11. The van der Waals surface area contributed by atoms with E-state index in [4.69, 9.17) is 0 Å². The Morgan fingerprint density at radius 3 is 2.37 bits per heavy atom. The van der Waals surface area contributed by atoms with Crippen LogP contribution in [0.15, 0.2) is 29.3 Å². The van der Waals surface area contributed by atoms with E-state index in [9.17, 15) is 13.2 Å². The first-order valence-corrected chi connectivity index (χ1v) is 9.77. The van der Waals surface area contributed by atoms with Gasteiger partial charge in [-0.3, -0.25) is 9.67 Å². The largest absolute Gasteiger partial charge is 0.411 e. The lowest BCUT2D eigenvalue weighted by molar-refractivity contribution is -0.176. The van der Waals surface area contributed by atoms with Gasteiger partial charge in [-0.05, 0) is 43.9 Å². The number of aromatic nitrogens is 2. The third-order valence-corrected chi connectivity index (χ3v) is 4.79. The van der Waals surface area contributed by atoms with Crippen molar-refractivity contribution in [1.82, 2.24) is 20.4 Å². The Bertz CT molecular complexity index is 844. The van der Waals surface area contributed by atoms with Crippen LogP contribution in [0.5, 0.6) is 0 Å². The highest BCUT2D eigenvalue weighted by Crippen LogP contribution is 2.16. The van der Waals surface area contributed by atoms with E-state index < -0.39 is 12.8 Å². The van der Waals surface area contributed by atoms with Crippen molar-refractivity contribution in [2.24, 2.45) is 12.0 Å². The molecule has 0 saturated carbocycles. The van der Waals surface area contributed by atoms with Gasteiger partial charge in [0.1, 0.15) is 6.61 Å². The molecule has 0 spiro atoms. The zero-order chi connectivity index (χ0) is 22.3. The van der Waals surface area contributed by atoms with E-state index >= 15 is 0 Å². The molecule has 2 aromatic rings. The minimum Gasteiger partial charge on any atom is -0.367 e. The average molecular weight is 425 g/mol. The molecule has 0 aliphatic carbocycles. The summed E-state index contributed by atoms with van der Waals surface area (Å²) in [5.74, 6) is 0.680. The Labute approximate surface area is 175 Å². The molecule has 0 amide bonds. The number of ether oxygens (including phenoxy) is 1. The van der Waals surface area contributed by atoms with Gasteiger partial charge in [0.25, 0.3) is 0 Å². The van der Waals surface area contributed by atoms with Crippen molar-refractivity contribution in [3.63, 3.8) is 0 Å². The average Bonchev–Trinajstić information content (AvgIpc) is 2.91. The summed E-state index contributed by atoms with van der Waals surface area (Å²) >= 11 is 0. The molecule has 30 heavy (non-hydrogen) atoms. The second-order valence-electron chi connectivity index (χ2n) is 7.37. The van der Waals surface area contributed by atoms with Crippen molar-refractivity contribution in [2.45, 2.75) is 52.6 Å². The summed E-state index contributed by atoms with van der Waals surface area (Å²) in [6, 6.07) is 7.41. The highest BCUT2D eigenvalue weighted by Gasteiger charge is 2.27. The van der Waals surface area contributed by atoms with Crippen LogP contribution in [-0.2, 0) is 31.4 Å². The highest BCUT2D eigenvalue weighted by atomic mass is 19.4. The standard InChI is InChI=1S/C21H30F3N5O/c1-14(10-19-15(2)28-29(5)16(19)3)27-20(25-4)26-11-17-6-8-18(9-7-17)12-30-13-21(22,23)24/h6-9,14H,10-13H2,1-5H3,(H2,25,26,27). The Balaban J connectivity index is 1.82. The lowest BCUT2D eigenvalue weighted by Crippen LogP contribution is -2.42. The quantitative estimate of drug-likeness (QED) is 0.503. The SMILES string of the molecule is CN=C(NCc1ccc(COCC(F)(F)F)cc1)NC(C)Cc1c(C)nn(C)c1C. The molecule has 0 bridgehead atoms. The molecule has 0 aliphatic heterocycles. The predicted octanol–water partition coefficient (Wildman–Crippen LogP) is 3.41. The third kappa shape index (κ3) is 7.37. The summed E-state index contributed by atoms with van der Waals surface area (Å²) in [6.45, 7) is 5.40. The lowest BCUT2D eigenvalue weighted by atomic mass is 10.1. The van der Waals surface area contributed by atoms with Crippen LogP contribution < -0.4 is 10.6 Å². The monoisotopic (exact) mass is 425 g/mol. The fourth-order valence-electron chi connectivity index (χ4n) is 3.12. The number of nitrogens with zero attached hydrogens (tertiary/aromatic N) is 3. The van der Waals surface area contributed by atoms with E-state index in [2.05, 4.69) is 39.3 Å². The molecule has 1 unspecified atom stereocenters. The molecule has 2 rings (SSSR count). The van der Waals surface area contributed by atoms with Crippen LogP contribution in [0.4, 0.5) is 13.2 Å². The maximum absolute atomic E-state index is 12.1. The molecule has 0 radical (unpaired) electrons. The third-order valence-electron chi connectivity index (χ3n) is 4.79. The van der Waals surface area contributed by atoms with Gasteiger partial charge >= 0.3 is 6.18 Å². The van der Waals surface area contributed by atoms with Crippen molar-refractivity contribution in [3.8, 4) is 0 Å². The van der Waals surface area contributed by atoms with Crippen LogP contribution in [0.2, 0.25) is 0 Å². The van der Waals surface area contributed by atoms with Crippen molar-refractivity contribution in [3.05, 3.63) is 52.3 Å². The molecular weight excluding hydrogens is 395 g/mol. The molecule has 2 N–H and O–H groups in total. The molecule has 1 aromatic carbocycles. The Morgan fingerprint density at radius 1 is 1.20 bits per heavy atom. The summed E-state index contributed by atoms with van der Waals surface area (Å²) < 4.78 is 43.0. The van der Waals surface area contributed by atoms with Gasteiger partial charge in [-0.2, -0.15) is 18.3 Å². The van der Waals surface area contributed by atoms with Gasteiger partial charge in [0.15, 0.2) is 5.96 Å². The summed E-state index contributed by atoms with van der Waals surface area (Å²) in [5, 5.41) is 11.1. The fraction of sp³-hybridized carbons (Fsp3) is 0.524. The number of hydrogen-bond donors (Lipinski definition) is 2. The molecule has 166 valence electrons. The van der Waals surface area contributed by atoms with Crippen LogP contribution in [0.25, 0.3) is 0 Å². The molecule has 6 nitrogen and oxygen atoms in total. The molecule has 9 heteroatoms. The van der Waals surface area contributed by atoms with Crippen molar-refractivity contribution >= 4 is 5.96 Å². The maximum Gasteiger partial charge on any atom is 0.411 e. The van der Waals surface area contributed by atoms with E-state index in [0.717, 1.165) is 23.4 Å². The number of hydrogen-bond acceptors (Lipinski definition) is 3. The smallest absolute Gasteiger partial charge is 0.367 e. The van der Waals surface area contributed by atoms with Crippen LogP contribution >= 0.6 is 0 Å². The molecule has 1 heterocycles.